The first-order valence-corrected chi connectivity index (χ1v) is 13.5. The number of hydrogen-bond donors (Lipinski definition) is 3. The molecular weight excluding hydrogens is 474 g/mol. The van der Waals surface area contributed by atoms with E-state index in [1.165, 1.54) is 7.11 Å². The lowest BCUT2D eigenvalue weighted by Gasteiger charge is -2.61. The van der Waals surface area contributed by atoms with Gasteiger partial charge in [-0.3, -0.25) is 0 Å². The molecule has 3 aliphatic carbocycles. The molecule has 2 saturated carbocycles. The first-order valence-electron chi connectivity index (χ1n) is 13.5. The highest BCUT2D eigenvalue weighted by Gasteiger charge is 2.71. The van der Waals surface area contributed by atoms with Gasteiger partial charge in [0.05, 0.1) is 11.7 Å². The van der Waals surface area contributed by atoms with Crippen LogP contribution in [0.5, 0.6) is 0 Å². The second-order valence-corrected chi connectivity index (χ2v) is 11.4. The monoisotopic (exact) mass is 513 g/mol. The molecule has 12 atom stereocenters. The Labute approximate surface area is 218 Å². The third kappa shape index (κ3) is 3.99. The van der Waals surface area contributed by atoms with Crippen LogP contribution in [-0.2, 0) is 19.0 Å². The zero-order valence-electron chi connectivity index (χ0n) is 22.2. The van der Waals surface area contributed by atoms with Crippen LogP contribution in [0.25, 0.3) is 0 Å². The van der Waals surface area contributed by atoms with Gasteiger partial charge in [0.1, 0.15) is 17.9 Å². The van der Waals surface area contributed by atoms with Gasteiger partial charge in [-0.2, -0.15) is 0 Å². The molecule has 8 heteroatoms. The summed E-state index contributed by atoms with van der Waals surface area (Å²) in [4.78, 5) is 28.6. The first-order chi connectivity index (χ1) is 17.6. The molecule has 2 fully saturated rings. The van der Waals surface area contributed by atoms with E-state index in [1.807, 2.05) is 39.8 Å². The highest BCUT2D eigenvalue weighted by molar-refractivity contribution is 5.87. The molecular formula is C29H39NO7. The Morgan fingerprint density at radius 1 is 1.27 bits per heavy atom. The van der Waals surface area contributed by atoms with Gasteiger partial charge in [-0.15, -0.1) is 0 Å². The van der Waals surface area contributed by atoms with E-state index in [9.17, 15) is 19.8 Å². The number of cyclic esters (lactones) is 1. The van der Waals surface area contributed by atoms with Gasteiger partial charge in [0.25, 0.3) is 0 Å². The summed E-state index contributed by atoms with van der Waals surface area (Å²) < 4.78 is 17.3. The van der Waals surface area contributed by atoms with Crippen molar-refractivity contribution >= 4 is 11.9 Å². The zero-order valence-corrected chi connectivity index (χ0v) is 22.2. The molecule has 4 aliphatic rings. The van der Waals surface area contributed by atoms with Gasteiger partial charge in [-0.1, -0.05) is 39.0 Å². The van der Waals surface area contributed by atoms with Gasteiger partial charge < -0.3 is 29.4 Å². The molecule has 8 nitrogen and oxygen atoms in total. The number of allylic oxidation sites excluding steroid dienone is 1. The van der Waals surface area contributed by atoms with Crippen LogP contribution in [-0.4, -0.2) is 64.3 Å². The SMILES string of the molecule is CC[C@H]1OC(=O)[C@@H](OC)C[C@H]2C=CC3[C@H]4C([C@H]3[C@]2(O)/C(C)=C/[C@H]1C)[C@H](O)[C@@H](C)[C@H]4OC(=O)c1ccc[nH]1. The summed E-state index contributed by atoms with van der Waals surface area (Å²) in [6, 6.07) is 3.41. The molecule has 0 spiro atoms. The van der Waals surface area contributed by atoms with Crippen molar-refractivity contribution in [2.45, 2.75) is 70.6 Å². The Kier molecular flexibility index (Phi) is 6.88. The zero-order chi connectivity index (χ0) is 26.6. The Balaban J connectivity index is 1.51. The van der Waals surface area contributed by atoms with E-state index >= 15 is 0 Å². The smallest absolute Gasteiger partial charge is 0.355 e. The Bertz CT molecular complexity index is 1080. The third-order valence-corrected chi connectivity index (χ3v) is 9.67. The van der Waals surface area contributed by atoms with Crippen LogP contribution in [0, 0.1) is 41.4 Å². The minimum atomic E-state index is -1.28. The summed E-state index contributed by atoms with van der Waals surface area (Å²) in [6.45, 7) is 7.82. The highest BCUT2D eigenvalue weighted by Crippen LogP contribution is 2.66. The second-order valence-electron chi connectivity index (χ2n) is 11.4. The van der Waals surface area contributed by atoms with E-state index in [0.29, 0.717) is 12.1 Å². The number of rotatable bonds is 4. The van der Waals surface area contributed by atoms with E-state index < -0.39 is 41.8 Å². The number of carbonyl (C=O) groups excluding carboxylic acids is 2. The Morgan fingerprint density at radius 2 is 2.03 bits per heavy atom. The number of ether oxygens (including phenoxy) is 3. The van der Waals surface area contributed by atoms with E-state index in [4.69, 9.17) is 14.2 Å². The van der Waals surface area contributed by atoms with Gasteiger partial charge in [0, 0.05) is 42.9 Å². The number of esters is 2. The summed E-state index contributed by atoms with van der Waals surface area (Å²) in [6.07, 6.45) is 6.38. The number of aromatic amines is 1. The number of methoxy groups -OCH3 is 1. The lowest BCUT2D eigenvalue weighted by Crippen LogP contribution is -2.65. The number of aliphatic hydroxyl groups is 2. The van der Waals surface area contributed by atoms with Crippen molar-refractivity contribution in [1.29, 1.82) is 0 Å². The quantitative estimate of drug-likeness (QED) is 0.418. The summed E-state index contributed by atoms with van der Waals surface area (Å²) >= 11 is 0. The average Bonchev–Trinajstić information content (AvgIpc) is 3.46. The molecule has 37 heavy (non-hydrogen) atoms. The predicted octanol–water partition coefficient (Wildman–Crippen LogP) is 3.27. The van der Waals surface area contributed by atoms with Gasteiger partial charge in [-0.25, -0.2) is 9.59 Å². The van der Waals surface area contributed by atoms with Crippen LogP contribution >= 0.6 is 0 Å². The molecule has 0 bridgehead atoms. The normalized spacial score (nSPS) is 46.4. The molecule has 1 aromatic rings. The van der Waals surface area contributed by atoms with Crippen LogP contribution in [0.15, 0.2) is 42.1 Å². The third-order valence-electron chi connectivity index (χ3n) is 9.67. The van der Waals surface area contributed by atoms with Crippen LogP contribution in [0.1, 0.15) is 51.0 Å². The van der Waals surface area contributed by atoms with Gasteiger partial charge >= 0.3 is 11.9 Å². The van der Waals surface area contributed by atoms with E-state index in [-0.39, 0.29) is 48.0 Å². The van der Waals surface area contributed by atoms with Crippen LogP contribution in [0.2, 0.25) is 0 Å². The van der Waals surface area contributed by atoms with Crippen molar-refractivity contribution in [1.82, 2.24) is 4.98 Å². The fourth-order valence-corrected chi connectivity index (χ4v) is 7.70. The fraction of sp³-hybridized carbons (Fsp3) is 0.655. The maximum atomic E-state index is 13.0. The molecule has 5 rings (SSSR count). The summed E-state index contributed by atoms with van der Waals surface area (Å²) in [5.74, 6) is -2.29. The number of H-pyrrole nitrogens is 1. The molecule has 2 heterocycles. The summed E-state index contributed by atoms with van der Waals surface area (Å²) in [5, 5.41) is 23.9. The lowest BCUT2D eigenvalue weighted by atomic mass is 9.46. The minimum Gasteiger partial charge on any atom is -0.460 e. The Hall–Kier alpha value is -2.42. The van der Waals surface area contributed by atoms with Crippen molar-refractivity contribution in [2.24, 2.45) is 41.4 Å². The van der Waals surface area contributed by atoms with Crippen molar-refractivity contribution in [3.05, 3.63) is 47.8 Å². The average molecular weight is 514 g/mol. The molecule has 1 aromatic heterocycles. The van der Waals surface area contributed by atoms with Gasteiger partial charge in [-0.05, 0) is 49.3 Å². The van der Waals surface area contributed by atoms with E-state index in [1.54, 1.807) is 18.3 Å². The number of aliphatic hydroxyl groups excluding tert-OH is 1. The number of aromatic nitrogens is 1. The molecule has 0 amide bonds. The van der Waals surface area contributed by atoms with Crippen molar-refractivity contribution < 1.29 is 34.0 Å². The van der Waals surface area contributed by atoms with Gasteiger partial charge in [0.2, 0.25) is 0 Å². The lowest BCUT2D eigenvalue weighted by molar-refractivity contribution is -0.184. The molecule has 0 saturated heterocycles. The molecule has 3 N–H and O–H groups in total. The standard InChI is InChI=1S/C29H39NO7/c1-6-20-14(2)12-15(3)29(34)17(13-21(35-5)28(33)36-20)9-10-18-22-23(24(18)29)25(31)16(4)26(22)37-27(32)19-8-7-11-30-19/h7-12,14,16-18,20-26,30-31,34H,6,13H2,1-5H3/b15-12+/t14-,16-,17-,18?,20-,21+,22+,23?,24+,25-,26-,29+/m1/s1. The van der Waals surface area contributed by atoms with E-state index in [2.05, 4.69) is 11.1 Å². The molecule has 0 radical (unpaired) electrons. The summed E-state index contributed by atoms with van der Waals surface area (Å²) in [5.41, 5.74) is -0.0803. The Morgan fingerprint density at radius 3 is 2.68 bits per heavy atom. The van der Waals surface area contributed by atoms with Crippen molar-refractivity contribution in [2.75, 3.05) is 7.11 Å². The van der Waals surface area contributed by atoms with Crippen molar-refractivity contribution in [3.63, 3.8) is 0 Å². The highest BCUT2D eigenvalue weighted by atomic mass is 16.6. The second kappa shape index (κ2) is 9.71. The number of fused-ring (bicyclic) bond motifs is 6. The molecule has 1 aliphatic heterocycles. The molecule has 0 aromatic carbocycles. The number of hydrogen-bond acceptors (Lipinski definition) is 7. The fourth-order valence-electron chi connectivity index (χ4n) is 7.70. The largest absolute Gasteiger partial charge is 0.460 e. The first kappa shape index (κ1) is 26.2. The van der Waals surface area contributed by atoms with Crippen LogP contribution in [0.3, 0.4) is 0 Å². The van der Waals surface area contributed by atoms with Crippen LogP contribution < -0.4 is 0 Å². The summed E-state index contributed by atoms with van der Waals surface area (Å²) in [7, 11) is 1.49. The predicted molar refractivity (Wildman–Crippen MR) is 135 cm³/mol. The number of nitrogens with one attached hydrogen (secondary N) is 1. The minimum absolute atomic E-state index is 0.0659. The molecule has 2 unspecified atom stereocenters. The van der Waals surface area contributed by atoms with Gasteiger partial charge in [0.15, 0.2) is 6.10 Å². The number of carbonyl (C=O) groups is 2. The maximum absolute atomic E-state index is 13.0. The maximum Gasteiger partial charge on any atom is 0.355 e. The topological polar surface area (TPSA) is 118 Å². The van der Waals surface area contributed by atoms with Crippen LogP contribution in [0.4, 0.5) is 0 Å². The van der Waals surface area contributed by atoms with Crippen molar-refractivity contribution in [3.8, 4) is 0 Å². The molecule has 202 valence electrons. The van der Waals surface area contributed by atoms with E-state index in [0.717, 1.165) is 5.57 Å².